The Bertz CT molecular complexity index is 2780. The fourth-order valence-corrected chi connectivity index (χ4v) is 17.9. The first-order chi connectivity index (χ1) is 39.8. The number of rotatable bonds is 12. The smallest absolute Gasteiger partial charge is 0.822 e. The molecule has 0 radical (unpaired) electrons. The van der Waals surface area contributed by atoms with Crippen LogP contribution in [0.5, 0.6) is 0 Å². The van der Waals surface area contributed by atoms with Crippen LogP contribution in [-0.4, -0.2) is 0 Å². The fourth-order valence-electron chi connectivity index (χ4n) is 8.71. The van der Waals surface area contributed by atoms with Gasteiger partial charge >= 0.3 is 154 Å². The van der Waals surface area contributed by atoms with Crippen molar-refractivity contribution in [3.8, 4) is 0 Å². The van der Waals surface area contributed by atoms with Gasteiger partial charge in [-0.1, -0.05) is 364 Å². The molecule has 0 saturated heterocycles. The first-order valence-electron chi connectivity index (χ1n) is 26.3. The molecule has 0 aromatic heterocycles. The summed E-state index contributed by atoms with van der Waals surface area (Å²) >= 11 is 0. The summed E-state index contributed by atoms with van der Waals surface area (Å²) in [6, 6.07) is 129. The Balaban J connectivity index is 0.000000197. The van der Waals surface area contributed by atoms with Crippen molar-refractivity contribution < 1.29 is 173 Å². The minimum atomic E-state index is -5.39. The van der Waals surface area contributed by atoms with Gasteiger partial charge in [-0.3, -0.25) is 0 Å². The van der Waals surface area contributed by atoms with E-state index < -0.39 is 39.5 Å². The van der Waals surface area contributed by atoms with Crippen LogP contribution in [-0.2, 0) is 4.57 Å². The van der Waals surface area contributed by atoms with E-state index in [0.717, 1.165) is 0 Å². The third-order valence-electron chi connectivity index (χ3n) is 12.2. The van der Waals surface area contributed by atoms with Gasteiger partial charge in [0.15, 0.2) is 0 Å². The molecular formula is C72H60K3O4P5. The van der Waals surface area contributed by atoms with Gasteiger partial charge in [-0.2, -0.15) is 7.82 Å². The molecule has 0 bridgehead atoms. The van der Waals surface area contributed by atoms with Crippen LogP contribution in [0.15, 0.2) is 364 Å². The van der Waals surface area contributed by atoms with Crippen molar-refractivity contribution >= 4 is 103 Å². The summed E-state index contributed by atoms with van der Waals surface area (Å²) in [5.41, 5.74) is 0. The maximum absolute atomic E-state index is 8.55. The molecule has 0 heterocycles. The second kappa shape index (κ2) is 40.8. The van der Waals surface area contributed by atoms with Crippen molar-refractivity contribution in [1.29, 1.82) is 0 Å². The molecule has 0 N–H and O–H groups in total. The van der Waals surface area contributed by atoms with E-state index in [9.17, 15) is 0 Å². The fraction of sp³-hybridized carbons (Fsp3) is 0. The summed E-state index contributed by atoms with van der Waals surface area (Å²) in [6.45, 7) is 0. The SMILES string of the molecule is O=P([O-])([O-])[O-].[K+].[K+].[K+].c1ccc(P(c2ccccc2)c2ccccc2)cc1.c1ccc(P(c2ccccc2)c2ccccc2)cc1.c1ccc(P(c2ccccc2)c2ccccc2)cc1.c1ccc(P(c2ccccc2)c2ccccc2)cc1. The van der Waals surface area contributed by atoms with Gasteiger partial charge in [0, 0.05) is 0 Å². The first kappa shape index (κ1) is 72.1. The van der Waals surface area contributed by atoms with Gasteiger partial charge in [0.05, 0.1) is 0 Å². The van der Waals surface area contributed by atoms with Crippen molar-refractivity contribution in [2.24, 2.45) is 0 Å². The Hall–Kier alpha value is -2.62. The van der Waals surface area contributed by atoms with Crippen LogP contribution < -0.4 is 232 Å². The molecule has 12 aromatic rings. The van der Waals surface area contributed by atoms with Crippen LogP contribution in [0.1, 0.15) is 0 Å². The molecule has 0 aliphatic rings. The summed E-state index contributed by atoms with van der Waals surface area (Å²) in [7, 11) is -7.17. The van der Waals surface area contributed by atoms with Crippen LogP contribution in [0.25, 0.3) is 0 Å². The number of benzene rings is 12. The van der Waals surface area contributed by atoms with Crippen molar-refractivity contribution in [3.63, 3.8) is 0 Å². The Morgan fingerprint density at radius 1 is 0.167 bits per heavy atom. The molecule has 0 atom stereocenters. The summed E-state index contributed by atoms with van der Waals surface area (Å²) < 4.78 is 8.55. The van der Waals surface area contributed by atoms with E-state index in [1.165, 1.54) is 63.7 Å². The van der Waals surface area contributed by atoms with Crippen LogP contribution in [0, 0.1) is 0 Å². The third-order valence-corrected chi connectivity index (χ3v) is 21.9. The Morgan fingerprint density at radius 2 is 0.226 bits per heavy atom. The molecule has 0 aliphatic heterocycles. The third kappa shape index (κ3) is 24.4. The summed E-state index contributed by atoms with van der Waals surface area (Å²) in [5, 5.41) is 16.8. The molecule has 4 nitrogen and oxygen atoms in total. The molecule has 0 aliphatic carbocycles. The predicted octanol–water partition coefficient (Wildman–Crippen LogP) is 1.97. The summed E-state index contributed by atoms with van der Waals surface area (Å²) in [6.07, 6.45) is 0. The van der Waals surface area contributed by atoms with E-state index in [1.807, 2.05) is 0 Å². The molecule has 0 amide bonds. The summed E-state index contributed by atoms with van der Waals surface area (Å²) in [4.78, 5) is 25.6. The van der Waals surface area contributed by atoms with Crippen molar-refractivity contribution in [2.75, 3.05) is 0 Å². The van der Waals surface area contributed by atoms with Crippen molar-refractivity contribution in [1.82, 2.24) is 0 Å². The zero-order valence-electron chi connectivity index (χ0n) is 47.5. The normalized spacial score (nSPS) is 10.3. The number of phosphoric acid groups is 1. The predicted molar refractivity (Wildman–Crippen MR) is 348 cm³/mol. The minimum absolute atomic E-state index is 0. The molecule has 84 heavy (non-hydrogen) atoms. The Kier molecular flexibility index (Phi) is 35.1. The van der Waals surface area contributed by atoms with Gasteiger partial charge in [-0.25, -0.2) is 0 Å². The molecule has 400 valence electrons. The van der Waals surface area contributed by atoms with Crippen LogP contribution >= 0.6 is 39.5 Å². The van der Waals surface area contributed by atoms with E-state index in [1.54, 1.807) is 0 Å². The topological polar surface area (TPSA) is 86.2 Å². The molecule has 0 saturated carbocycles. The first-order valence-corrected chi connectivity index (χ1v) is 33.2. The van der Waals surface area contributed by atoms with Gasteiger partial charge in [0.2, 0.25) is 0 Å². The quantitative estimate of drug-likeness (QED) is 0.139. The maximum atomic E-state index is 8.55. The second-order valence-electron chi connectivity index (χ2n) is 17.8. The zero-order chi connectivity index (χ0) is 56.2. The Labute approximate surface area is 630 Å². The van der Waals surface area contributed by atoms with Crippen LogP contribution in [0.2, 0.25) is 0 Å². The minimum Gasteiger partial charge on any atom is -0.822 e. The molecule has 0 spiro atoms. The van der Waals surface area contributed by atoms with Gasteiger partial charge in [-0.15, -0.1) is 0 Å². The van der Waals surface area contributed by atoms with E-state index in [4.69, 9.17) is 19.2 Å². The van der Waals surface area contributed by atoms with E-state index in [2.05, 4.69) is 364 Å². The molecule has 12 aromatic carbocycles. The average molecular weight is 1260 g/mol. The van der Waals surface area contributed by atoms with Crippen LogP contribution in [0.4, 0.5) is 0 Å². The molecule has 0 unspecified atom stereocenters. The molecule has 12 rings (SSSR count). The second-order valence-corrected chi connectivity index (χ2v) is 27.6. The average Bonchev–Trinajstić information content (AvgIpc) is 3.58. The van der Waals surface area contributed by atoms with Crippen LogP contribution in [0.3, 0.4) is 0 Å². The van der Waals surface area contributed by atoms with Crippen molar-refractivity contribution in [2.45, 2.75) is 0 Å². The van der Waals surface area contributed by atoms with E-state index in [0.29, 0.717) is 0 Å². The zero-order valence-corrected chi connectivity index (χ0v) is 61.4. The van der Waals surface area contributed by atoms with Gasteiger partial charge in [0.25, 0.3) is 0 Å². The maximum Gasteiger partial charge on any atom is 1.00 e. The van der Waals surface area contributed by atoms with Gasteiger partial charge in [-0.05, 0) is 95.3 Å². The van der Waals surface area contributed by atoms with E-state index >= 15 is 0 Å². The van der Waals surface area contributed by atoms with Gasteiger partial charge in [0.1, 0.15) is 0 Å². The monoisotopic (exact) mass is 1260 g/mol. The molecule has 12 heteroatoms. The Morgan fingerprint density at radius 3 is 0.286 bits per heavy atom. The van der Waals surface area contributed by atoms with Crippen molar-refractivity contribution in [3.05, 3.63) is 364 Å². The number of hydrogen-bond acceptors (Lipinski definition) is 4. The van der Waals surface area contributed by atoms with E-state index in [-0.39, 0.29) is 154 Å². The number of hydrogen-bond donors (Lipinski definition) is 0. The molecular weight excluding hydrogens is 1200 g/mol. The summed E-state index contributed by atoms with van der Waals surface area (Å²) in [5.74, 6) is 0. The largest absolute Gasteiger partial charge is 1.00 e. The van der Waals surface area contributed by atoms with Gasteiger partial charge < -0.3 is 19.2 Å². The standard InChI is InChI=1S/4C18H15P.3K.H3O4P/c4*1-4-10-16(11-5-1)19(17-12-6-2-7-13-17)18-14-8-3-9-15-18;;;;1-5(2,3)4/h4*1-15H;;;;(H3,1,2,3,4)/q;;;;3*+1;/p-3. The molecule has 0 fully saturated rings.